The molecule has 2 aromatic carbocycles. The number of benzene rings is 2. The molecule has 0 atom stereocenters. The molecule has 0 spiro atoms. The molecule has 52 heavy (non-hydrogen) atoms. The molecule has 19 heteroatoms. The lowest BCUT2D eigenvalue weighted by Gasteiger charge is -2.24. The maximum absolute atomic E-state index is 12.5. The summed E-state index contributed by atoms with van der Waals surface area (Å²) < 4.78 is 82.4. The Morgan fingerprint density at radius 1 is 0.962 bits per heavy atom. The number of imidazole rings is 1. The van der Waals surface area contributed by atoms with Gasteiger partial charge < -0.3 is 24.0 Å². The second-order valence-electron chi connectivity index (χ2n) is 11.6. The number of nitrogens with zero attached hydrogens (tertiary/aromatic N) is 4. The minimum Gasteiger partial charge on any atom is -0.466 e. The second kappa shape index (κ2) is 18.1. The number of esters is 1. The topological polar surface area (TPSA) is 170 Å². The van der Waals surface area contributed by atoms with E-state index in [0.717, 1.165) is 16.7 Å². The van der Waals surface area contributed by atoms with Gasteiger partial charge in [0, 0.05) is 64.4 Å². The van der Waals surface area contributed by atoms with Crippen molar-refractivity contribution in [1.29, 1.82) is 0 Å². The summed E-state index contributed by atoms with van der Waals surface area (Å²) in [7, 11) is -6.55. The van der Waals surface area contributed by atoms with Gasteiger partial charge in [-0.3, -0.25) is 9.35 Å². The fourth-order valence-electron chi connectivity index (χ4n) is 5.89. The number of carbonyl (C=O) groups is 1. The number of anilines is 2. The zero-order chi connectivity index (χ0) is 38.2. The number of hydrogen-bond donors (Lipinski definition) is 2. The predicted octanol–water partition coefficient (Wildman–Crippen LogP) is 4.90. The van der Waals surface area contributed by atoms with Gasteiger partial charge in [0.05, 0.1) is 46.0 Å². The Kier molecular flexibility index (Phi) is 14.4. The number of carbonyl (C=O) groups excluding carboxylic acids is 1. The Hall–Kier alpha value is -3.42. The number of fused-ring (bicyclic) bond motifs is 2. The van der Waals surface area contributed by atoms with E-state index in [4.69, 9.17) is 41.7 Å². The third-order valence-electron chi connectivity index (χ3n) is 7.93. The molecule has 15 nitrogen and oxygen atoms in total. The second-order valence-corrected chi connectivity index (χ2v) is 15.6. The Morgan fingerprint density at radius 2 is 1.67 bits per heavy atom. The van der Waals surface area contributed by atoms with Crippen molar-refractivity contribution in [2.24, 2.45) is 0 Å². The fourth-order valence-corrected chi connectivity index (χ4v) is 7.66. The molecule has 0 saturated carbocycles. The van der Waals surface area contributed by atoms with Gasteiger partial charge in [0.25, 0.3) is 26.1 Å². The van der Waals surface area contributed by atoms with Crippen molar-refractivity contribution in [3.63, 3.8) is 0 Å². The number of methoxy groups -OCH3 is 1. The number of allylic oxidation sites excluding steroid dienone is 2. The van der Waals surface area contributed by atoms with Crippen LogP contribution in [0.1, 0.15) is 46.4 Å². The van der Waals surface area contributed by atoms with Crippen LogP contribution in [0.3, 0.4) is 0 Å². The number of hydroxylamine groups is 1. The van der Waals surface area contributed by atoms with Crippen molar-refractivity contribution < 1.29 is 49.2 Å². The van der Waals surface area contributed by atoms with Crippen molar-refractivity contribution in [2.75, 3.05) is 54.8 Å². The number of hydrogen-bond acceptors (Lipinski definition) is 12. The van der Waals surface area contributed by atoms with E-state index in [0.29, 0.717) is 47.7 Å². The maximum atomic E-state index is 12.5. The van der Waals surface area contributed by atoms with Gasteiger partial charge in [-0.25, -0.2) is 9.13 Å². The van der Waals surface area contributed by atoms with Gasteiger partial charge in [-0.2, -0.15) is 26.6 Å². The molecule has 0 amide bonds. The number of aryl methyl sites for hydroxylation is 2. The monoisotopic (exact) mass is 804 g/mol. The van der Waals surface area contributed by atoms with Gasteiger partial charge in [0.15, 0.2) is 23.6 Å². The van der Waals surface area contributed by atoms with Crippen molar-refractivity contribution in [3.8, 4) is 11.5 Å². The number of ether oxygens (including phenoxy) is 3. The highest BCUT2D eigenvalue weighted by Gasteiger charge is 2.32. The zero-order valence-corrected chi connectivity index (χ0v) is 32.7. The summed E-state index contributed by atoms with van der Waals surface area (Å²) in [6.45, 7) is 8.75. The highest BCUT2D eigenvalue weighted by molar-refractivity contribution is 7.86. The Bertz CT molecular complexity index is 2050. The van der Waals surface area contributed by atoms with E-state index in [-0.39, 0.29) is 49.2 Å². The quantitative estimate of drug-likeness (QED) is 0.0419. The molecule has 0 unspecified atom stereocenters. The van der Waals surface area contributed by atoms with Crippen LogP contribution in [0.2, 0.25) is 10.0 Å². The van der Waals surface area contributed by atoms with Crippen molar-refractivity contribution in [2.45, 2.75) is 53.6 Å². The van der Waals surface area contributed by atoms with Crippen LogP contribution in [0.25, 0.3) is 17.1 Å². The summed E-state index contributed by atoms with van der Waals surface area (Å²) in [5.41, 5.74) is 5.27. The molecule has 4 rings (SSSR count). The molecule has 0 fully saturated rings. The standard InChI is InChI=1S/C33H43Cl2N5O10S2/c1-6-36-50-52(45,46)17-11-15-40-29-21-31(49-23(4)41)25(35)19-27(29)38(8-3)33(40)13-9-12-32-37(7-2)26-18-24(34)30(48-22-47-5)20-28(26)39(32)14-10-16-51(42,43)44/h9,12-13,18-21,36H,6-8,10-11,14-17,22H2,1-5H3/p+1. The highest BCUT2D eigenvalue weighted by Crippen LogP contribution is 2.46. The SMILES string of the molecule is CCNOS(=O)(=O)CCCN1/C(=C/C=C/c2n(CC)c3cc(Cl)c(OCOC)cc3[n+]2CCCS(=O)(=O)O)N(CC)c2cc(Cl)c(OC(C)=O)cc21. The van der Waals surface area contributed by atoms with Crippen LogP contribution in [0, 0.1) is 0 Å². The number of halogens is 2. The van der Waals surface area contributed by atoms with Crippen LogP contribution in [-0.4, -0.2) is 77.0 Å². The lowest BCUT2D eigenvalue weighted by molar-refractivity contribution is -0.673. The third-order valence-corrected chi connectivity index (χ3v) is 10.5. The summed E-state index contributed by atoms with van der Waals surface area (Å²) in [5, 5.41) is 0.596. The van der Waals surface area contributed by atoms with E-state index < -0.39 is 32.0 Å². The molecule has 2 N–H and O–H groups in total. The summed E-state index contributed by atoms with van der Waals surface area (Å²) in [4.78, 5) is 15.8. The van der Waals surface area contributed by atoms with Crippen molar-refractivity contribution >= 4 is 77.9 Å². The highest BCUT2D eigenvalue weighted by atomic mass is 35.5. The zero-order valence-electron chi connectivity index (χ0n) is 29.6. The minimum atomic E-state index is -4.20. The minimum absolute atomic E-state index is 0.0300. The van der Waals surface area contributed by atoms with Crippen LogP contribution >= 0.6 is 23.2 Å². The first kappa shape index (κ1) is 41.3. The first-order chi connectivity index (χ1) is 24.6. The average Bonchev–Trinajstić information content (AvgIpc) is 3.51. The molecule has 0 saturated heterocycles. The largest absolute Gasteiger partial charge is 0.466 e. The van der Waals surface area contributed by atoms with Crippen LogP contribution in [-0.2, 0) is 47.1 Å². The molecule has 2 heterocycles. The van der Waals surface area contributed by atoms with Gasteiger partial charge in [0.1, 0.15) is 11.6 Å². The van der Waals surface area contributed by atoms with E-state index >= 15 is 0 Å². The summed E-state index contributed by atoms with van der Waals surface area (Å²) >= 11 is 13.1. The molecule has 1 aromatic heterocycles. The smallest absolute Gasteiger partial charge is 0.308 e. The summed E-state index contributed by atoms with van der Waals surface area (Å²) in [6.07, 6.45) is 5.90. The molecular formula is C33H44Cl2N5O10S2+. The first-order valence-corrected chi connectivity index (χ1v) is 20.5. The van der Waals surface area contributed by atoms with Gasteiger partial charge in [-0.05, 0) is 32.4 Å². The van der Waals surface area contributed by atoms with E-state index in [2.05, 4.69) is 5.48 Å². The van der Waals surface area contributed by atoms with E-state index in [9.17, 15) is 26.2 Å². The average molecular weight is 806 g/mol. The predicted molar refractivity (Wildman–Crippen MR) is 200 cm³/mol. The Balaban J connectivity index is 1.82. The van der Waals surface area contributed by atoms with E-state index in [1.807, 2.05) is 51.0 Å². The number of nitrogens with one attached hydrogen (secondary N) is 1. The first-order valence-electron chi connectivity index (χ1n) is 16.6. The van der Waals surface area contributed by atoms with Crippen LogP contribution < -0.4 is 29.3 Å². The summed E-state index contributed by atoms with van der Waals surface area (Å²) in [6, 6.07) is 6.89. The Labute approximate surface area is 314 Å². The molecule has 0 aliphatic carbocycles. The van der Waals surface area contributed by atoms with Crippen LogP contribution in [0.4, 0.5) is 11.4 Å². The van der Waals surface area contributed by atoms with Gasteiger partial charge >= 0.3 is 5.97 Å². The molecule has 1 aliphatic rings. The van der Waals surface area contributed by atoms with Crippen LogP contribution in [0.15, 0.2) is 42.2 Å². The van der Waals surface area contributed by atoms with Gasteiger partial charge in [-0.1, -0.05) is 36.2 Å². The van der Waals surface area contributed by atoms with E-state index in [1.165, 1.54) is 14.0 Å². The van der Waals surface area contributed by atoms with Gasteiger partial charge in [-0.15, -0.1) is 0 Å². The lowest BCUT2D eigenvalue weighted by Crippen LogP contribution is -2.37. The number of aromatic nitrogens is 2. The fraction of sp³-hybridized carbons (Fsp3) is 0.455. The molecular weight excluding hydrogens is 761 g/mol. The normalized spacial score (nSPS) is 14.3. The number of rotatable bonds is 19. The van der Waals surface area contributed by atoms with Crippen LogP contribution in [0.5, 0.6) is 11.5 Å². The lowest BCUT2D eigenvalue weighted by atomic mass is 10.2. The molecule has 1 aliphatic heterocycles. The summed E-state index contributed by atoms with van der Waals surface area (Å²) in [5.74, 6) is 0.724. The van der Waals surface area contributed by atoms with Gasteiger partial charge in [0.2, 0.25) is 0 Å². The molecule has 0 radical (unpaired) electrons. The molecule has 3 aromatic rings. The maximum Gasteiger partial charge on any atom is 0.308 e. The molecule has 0 bridgehead atoms. The molecule has 286 valence electrons. The Morgan fingerprint density at radius 3 is 2.31 bits per heavy atom. The third kappa shape index (κ3) is 10.2. The van der Waals surface area contributed by atoms with E-state index in [1.54, 1.807) is 31.2 Å². The van der Waals surface area contributed by atoms with Crippen molar-refractivity contribution in [3.05, 3.63) is 58.1 Å². The van der Waals surface area contributed by atoms with Crippen molar-refractivity contribution in [1.82, 2.24) is 10.0 Å².